The first kappa shape index (κ1) is 12.6. The molecule has 1 unspecified atom stereocenters. The van der Waals surface area contributed by atoms with Gasteiger partial charge in [0.2, 0.25) is 0 Å². The first-order valence-corrected chi connectivity index (χ1v) is 6.16. The van der Waals surface area contributed by atoms with Crippen molar-refractivity contribution in [3.05, 3.63) is 23.8 Å². The summed E-state index contributed by atoms with van der Waals surface area (Å²) in [6.45, 7) is 3.69. The molecule has 0 N–H and O–H groups in total. The van der Waals surface area contributed by atoms with E-state index in [1.807, 2.05) is 6.92 Å². The Morgan fingerprint density at radius 3 is 2.83 bits per heavy atom. The minimum atomic E-state index is -0.473. The van der Waals surface area contributed by atoms with Crippen molar-refractivity contribution in [2.24, 2.45) is 0 Å². The van der Waals surface area contributed by atoms with Crippen LogP contribution in [0.5, 0.6) is 5.75 Å². The Morgan fingerprint density at radius 2 is 2.17 bits per heavy atom. The largest absolute Gasteiger partial charge is 0.479 e. The van der Waals surface area contributed by atoms with Gasteiger partial charge in [-0.25, -0.2) is 0 Å². The summed E-state index contributed by atoms with van der Waals surface area (Å²) in [5, 5.41) is 0. The highest BCUT2D eigenvalue weighted by Crippen LogP contribution is 2.34. The maximum atomic E-state index is 11.8. The van der Waals surface area contributed by atoms with E-state index in [-0.39, 0.29) is 11.7 Å². The van der Waals surface area contributed by atoms with E-state index in [1.54, 1.807) is 37.1 Å². The van der Waals surface area contributed by atoms with Crippen LogP contribution in [0.15, 0.2) is 18.2 Å². The highest BCUT2D eigenvalue weighted by molar-refractivity contribution is 6.02. The fourth-order valence-corrected chi connectivity index (χ4v) is 2.06. The molecule has 0 aliphatic carbocycles. The Kier molecular flexibility index (Phi) is 3.36. The van der Waals surface area contributed by atoms with Crippen LogP contribution in [0.2, 0.25) is 0 Å². The number of hydrogen-bond acceptors (Lipinski definition) is 3. The number of rotatable bonds is 3. The van der Waals surface area contributed by atoms with E-state index in [4.69, 9.17) is 4.74 Å². The fourth-order valence-electron chi connectivity index (χ4n) is 2.06. The summed E-state index contributed by atoms with van der Waals surface area (Å²) in [4.78, 5) is 25.2. The number of benzene rings is 1. The average molecular weight is 247 g/mol. The number of anilines is 1. The van der Waals surface area contributed by atoms with Gasteiger partial charge in [0, 0.05) is 19.0 Å². The number of likely N-dealkylation sites (N-methyl/N-ethyl adjacent to an activating group) is 1. The lowest BCUT2D eigenvalue weighted by Crippen LogP contribution is -2.42. The third-order valence-corrected chi connectivity index (χ3v) is 3.10. The maximum absolute atomic E-state index is 11.8. The molecule has 1 amide bonds. The van der Waals surface area contributed by atoms with E-state index < -0.39 is 6.10 Å². The third kappa shape index (κ3) is 2.10. The molecule has 0 aromatic heterocycles. The Balaban J connectivity index is 2.37. The lowest BCUT2D eigenvalue weighted by atomic mass is 10.0. The average Bonchev–Trinajstić information content (AvgIpc) is 2.36. The first-order valence-electron chi connectivity index (χ1n) is 6.16. The van der Waals surface area contributed by atoms with Crippen molar-refractivity contribution < 1.29 is 14.3 Å². The van der Waals surface area contributed by atoms with Crippen LogP contribution in [0.4, 0.5) is 5.69 Å². The minimum absolute atomic E-state index is 0.0948. The molecule has 0 saturated carbocycles. The summed E-state index contributed by atoms with van der Waals surface area (Å²) >= 11 is 0. The summed E-state index contributed by atoms with van der Waals surface area (Å²) in [5.74, 6) is 0.653. The van der Waals surface area contributed by atoms with Crippen LogP contribution in [0.1, 0.15) is 37.0 Å². The third-order valence-electron chi connectivity index (χ3n) is 3.10. The molecule has 1 heterocycles. The Bertz CT molecular complexity index is 496. The van der Waals surface area contributed by atoms with Crippen LogP contribution in [-0.2, 0) is 4.79 Å². The van der Waals surface area contributed by atoms with Crippen LogP contribution >= 0.6 is 0 Å². The second kappa shape index (κ2) is 4.80. The van der Waals surface area contributed by atoms with Gasteiger partial charge in [0.15, 0.2) is 11.9 Å². The highest BCUT2D eigenvalue weighted by atomic mass is 16.5. The number of ether oxygens (including phenoxy) is 1. The van der Waals surface area contributed by atoms with Crippen LogP contribution in [-0.4, -0.2) is 24.8 Å². The Labute approximate surface area is 107 Å². The lowest BCUT2D eigenvalue weighted by Gasteiger charge is -2.30. The number of amides is 1. The van der Waals surface area contributed by atoms with E-state index in [2.05, 4.69) is 0 Å². The molecule has 4 heteroatoms. The van der Waals surface area contributed by atoms with Gasteiger partial charge in [-0.05, 0) is 31.5 Å². The van der Waals surface area contributed by atoms with Gasteiger partial charge in [-0.1, -0.05) is 6.92 Å². The molecule has 1 atom stereocenters. The molecule has 1 aliphatic heterocycles. The molecule has 1 aromatic carbocycles. The monoisotopic (exact) mass is 247 g/mol. The standard InChI is InChI=1S/C14H17NO3/c1-4-5-12(16)10-6-7-13-11(8-10)15(3)14(17)9(2)18-13/h6-9H,4-5H2,1-3H3. The summed E-state index contributed by atoms with van der Waals surface area (Å²) in [6.07, 6.45) is 0.867. The fraction of sp³-hybridized carbons (Fsp3) is 0.429. The van der Waals surface area contributed by atoms with Gasteiger partial charge < -0.3 is 9.64 Å². The normalized spacial score (nSPS) is 18.3. The second-order valence-electron chi connectivity index (χ2n) is 4.51. The zero-order valence-electron chi connectivity index (χ0n) is 10.9. The second-order valence-corrected chi connectivity index (χ2v) is 4.51. The molecule has 0 bridgehead atoms. The van der Waals surface area contributed by atoms with Crippen LogP contribution in [0.3, 0.4) is 0 Å². The molecule has 2 rings (SSSR count). The van der Waals surface area contributed by atoms with Gasteiger partial charge in [-0.2, -0.15) is 0 Å². The molecule has 96 valence electrons. The van der Waals surface area contributed by atoms with Gasteiger partial charge in [0.1, 0.15) is 5.75 Å². The molecule has 4 nitrogen and oxygen atoms in total. The Morgan fingerprint density at radius 1 is 1.44 bits per heavy atom. The molecule has 0 spiro atoms. The number of nitrogens with zero attached hydrogens (tertiary/aromatic N) is 1. The van der Waals surface area contributed by atoms with Crippen molar-refractivity contribution in [2.45, 2.75) is 32.8 Å². The number of fused-ring (bicyclic) bond motifs is 1. The van der Waals surface area contributed by atoms with E-state index in [0.717, 1.165) is 6.42 Å². The van der Waals surface area contributed by atoms with Gasteiger partial charge >= 0.3 is 0 Å². The van der Waals surface area contributed by atoms with Crippen molar-refractivity contribution >= 4 is 17.4 Å². The molecule has 1 aromatic rings. The predicted octanol–water partition coefficient (Wildman–Crippen LogP) is 2.41. The smallest absolute Gasteiger partial charge is 0.267 e. The summed E-state index contributed by atoms with van der Waals surface area (Å²) in [5.41, 5.74) is 1.30. The summed E-state index contributed by atoms with van der Waals surface area (Å²) in [6, 6.07) is 5.25. The highest BCUT2D eigenvalue weighted by Gasteiger charge is 2.29. The first-order chi connectivity index (χ1) is 8.54. The van der Waals surface area contributed by atoms with Gasteiger partial charge in [0.25, 0.3) is 5.91 Å². The zero-order valence-corrected chi connectivity index (χ0v) is 10.9. The van der Waals surface area contributed by atoms with Crippen molar-refractivity contribution in [1.29, 1.82) is 0 Å². The van der Waals surface area contributed by atoms with Crippen LogP contribution in [0, 0.1) is 0 Å². The lowest BCUT2D eigenvalue weighted by molar-refractivity contribution is -0.125. The van der Waals surface area contributed by atoms with E-state index in [1.165, 1.54) is 0 Å². The van der Waals surface area contributed by atoms with Gasteiger partial charge in [-0.3, -0.25) is 9.59 Å². The van der Waals surface area contributed by atoms with E-state index in [9.17, 15) is 9.59 Å². The molecular weight excluding hydrogens is 230 g/mol. The summed E-state index contributed by atoms with van der Waals surface area (Å²) in [7, 11) is 1.70. The van der Waals surface area contributed by atoms with Crippen molar-refractivity contribution in [3.8, 4) is 5.75 Å². The number of carbonyl (C=O) groups is 2. The predicted molar refractivity (Wildman–Crippen MR) is 69.2 cm³/mol. The van der Waals surface area contributed by atoms with Gasteiger partial charge in [-0.15, -0.1) is 0 Å². The van der Waals surface area contributed by atoms with E-state index in [0.29, 0.717) is 23.4 Å². The molecule has 0 saturated heterocycles. The maximum Gasteiger partial charge on any atom is 0.267 e. The van der Waals surface area contributed by atoms with Crippen molar-refractivity contribution in [1.82, 2.24) is 0 Å². The number of Topliss-reactive ketones (excluding diaryl/α,β-unsaturated/α-hetero) is 1. The van der Waals surface area contributed by atoms with Crippen molar-refractivity contribution in [3.63, 3.8) is 0 Å². The van der Waals surface area contributed by atoms with Crippen LogP contribution in [0.25, 0.3) is 0 Å². The van der Waals surface area contributed by atoms with Crippen LogP contribution < -0.4 is 9.64 Å². The molecule has 0 fully saturated rings. The molecular formula is C14H17NO3. The number of ketones is 1. The number of carbonyl (C=O) groups excluding carboxylic acids is 2. The summed E-state index contributed by atoms with van der Waals surface area (Å²) < 4.78 is 5.51. The Hall–Kier alpha value is -1.84. The van der Waals surface area contributed by atoms with Crippen molar-refractivity contribution in [2.75, 3.05) is 11.9 Å². The number of hydrogen-bond donors (Lipinski definition) is 0. The quantitative estimate of drug-likeness (QED) is 0.770. The SMILES string of the molecule is CCCC(=O)c1ccc2c(c1)N(C)C(=O)C(C)O2. The topological polar surface area (TPSA) is 46.6 Å². The molecule has 1 aliphatic rings. The molecule has 0 radical (unpaired) electrons. The van der Waals surface area contributed by atoms with Gasteiger partial charge in [0.05, 0.1) is 5.69 Å². The van der Waals surface area contributed by atoms with E-state index >= 15 is 0 Å². The zero-order chi connectivity index (χ0) is 13.3. The minimum Gasteiger partial charge on any atom is -0.479 e. The molecule has 18 heavy (non-hydrogen) atoms.